The fraction of sp³-hybridized carbons (Fsp3) is 0.318. The number of ether oxygens (including phenoxy) is 2. The van der Waals surface area contributed by atoms with Crippen LogP contribution in [0.2, 0.25) is 0 Å². The molecular weight excluding hydrogens is 434 g/mol. The lowest BCUT2D eigenvalue weighted by molar-refractivity contribution is 0.0724. The van der Waals surface area contributed by atoms with Crippen LogP contribution in [0.1, 0.15) is 46.6 Å². The lowest BCUT2D eigenvalue weighted by Crippen LogP contribution is -2.37. The first-order valence-electron chi connectivity index (χ1n) is 9.49. The summed E-state index contributed by atoms with van der Waals surface area (Å²) in [7, 11) is 0. The molecule has 0 aliphatic carbocycles. The van der Waals surface area contributed by atoms with Crippen molar-refractivity contribution >= 4 is 27.9 Å². The van der Waals surface area contributed by atoms with Gasteiger partial charge in [0.1, 0.15) is 17.4 Å². The summed E-state index contributed by atoms with van der Waals surface area (Å²) in [6.45, 7) is 5.80. The average molecular weight is 456 g/mol. The Bertz CT molecular complexity index is 982. The Morgan fingerprint density at radius 1 is 1.31 bits per heavy atom. The van der Waals surface area contributed by atoms with Gasteiger partial charge in [0.25, 0.3) is 5.91 Å². The highest BCUT2D eigenvalue weighted by atomic mass is 79.9. The molecule has 2 heterocycles. The van der Waals surface area contributed by atoms with E-state index in [1.807, 2.05) is 32.1 Å². The van der Waals surface area contributed by atoms with Crippen molar-refractivity contribution in [2.45, 2.75) is 26.8 Å². The van der Waals surface area contributed by atoms with E-state index in [1.54, 1.807) is 17.2 Å². The number of aromatic nitrogens is 1. The first kappa shape index (κ1) is 20.9. The average Bonchev–Trinajstić information content (AvgIpc) is 2.71. The standard InChI is InChI=1S/C22H22BrN3O3/c1-3-28-8-6-15-9-19-18(20(23)10-15)5-7-26(22(19)27)14-17-11-21(29-4-2)16(12-24)13-25-17/h6,8-11,13H,3-5,7,14H2,1-2H3/b8-6+. The maximum atomic E-state index is 13.1. The van der Waals surface area contributed by atoms with E-state index >= 15 is 0 Å². The second kappa shape index (κ2) is 9.57. The van der Waals surface area contributed by atoms with Gasteiger partial charge in [0.05, 0.1) is 31.7 Å². The van der Waals surface area contributed by atoms with Crippen molar-refractivity contribution in [3.05, 3.63) is 63.1 Å². The van der Waals surface area contributed by atoms with Crippen molar-refractivity contribution in [1.29, 1.82) is 5.26 Å². The van der Waals surface area contributed by atoms with Gasteiger partial charge in [-0.3, -0.25) is 9.78 Å². The molecule has 0 N–H and O–H groups in total. The molecule has 1 aromatic heterocycles. The molecule has 0 fully saturated rings. The van der Waals surface area contributed by atoms with Crippen molar-refractivity contribution in [2.24, 2.45) is 0 Å². The summed E-state index contributed by atoms with van der Waals surface area (Å²) in [5.74, 6) is 0.457. The first-order valence-corrected chi connectivity index (χ1v) is 10.3. The van der Waals surface area contributed by atoms with Gasteiger partial charge in [-0.1, -0.05) is 15.9 Å². The van der Waals surface area contributed by atoms with E-state index in [9.17, 15) is 10.1 Å². The van der Waals surface area contributed by atoms with Crippen molar-refractivity contribution in [2.75, 3.05) is 19.8 Å². The van der Waals surface area contributed by atoms with E-state index in [1.165, 1.54) is 6.20 Å². The van der Waals surface area contributed by atoms with Crippen LogP contribution < -0.4 is 4.74 Å². The van der Waals surface area contributed by atoms with Crippen LogP contribution in [0.4, 0.5) is 0 Å². The number of fused-ring (bicyclic) bond motifs is 1. The van der Waals surface area contributed by atoms with Crippen LogP contribution in [0, 0.1) is 11.3 Å². The third-order valence-electron chi connectivity index (χ3n) is 4.59. The predicted molar refractivity (Wildman–Crippen MR) is 113 cm³/mol. The summed E-state index contributed by atoms with van der Waals surface area (Å²) in [4.78, 5) is 19.2. The Labute approximate surface area is 178 Å². The largest absolute Gasteiger partial charge is 0.501 e. The van der Waals surface area contributed by atoms with E-state index in [2.05, 4.69) is 27.0 Å². The molecule has 0 saturated carbocycles. The monoisotopic (exact) mass is 455 g/mol. The number of hydrogen-bond acceptors (Lipinski definition) is 5. The second-order valence-corrected chi connectivity index (χ2v) is 7.33. The highest BCUT2D eigenvalue weighted by Crippen LogP contribution is 2.30. The fourth-order valence-electron chi connectivity index (χ4n) is 3.21. The van der Waals surface area contributed by atoms with Crippen molar-refractivity contribution < 1.29 is 14.3 Å². The number of nitrogens with zero attached hydrogens (tertiary/aromatic N) is 3. The molecule has 0 spiro atoms. The maximum Gasteiger partial charge on any atom is 0.254 e. The van der Waals surface area contributed by atoms with Crippen molar-refractivity contribution in [3.63, 3.8) is 0 Å². The molecule has 0 atom stereocenters. The zero-order valence-electron chi connectivity index (χ0n) is 16.4. The van der Waals surface area contributed by atoms with Crippen LogP contribution in [0.25, 0.3) is 6.08 Å². The molecule has 1 aromatic carbocycles. The quantitative estimate of drug-likeness (QED) is 0.581. The molecule has 1 aliphatic heterocycles. The van der Waals surface area contributed by atoms with Gasteiger partial charge in [-0.25, -0.2) is 0 Å². The van der Waals surface area contributed by atoms with Crippen LogP contribution >= 0.6 is 15.9 Å². The smallest absolute Gasteiger partial charge is 0.254 e. The lowest BCUT2D eigenvalue weighted by Gasteiger charge is -2.29. The predicted octanol–water partition coefficient (Wildman–Crippen LogP) is 4.32. The maximum absolute atomic E-state index is 13.1. The Balaban J connectivity index is 1.84. The number of carbonyl (C=O) groups is 1. The Kier molecular flexibility index (Phi) is 6.89. The Morgan fingerprint density at radius 2 is 2.14 bits per heavy atom. The molecule has 1 amide bonds. The summed E-state index contributed by atoms with van der Waals surface area (Å²) >= 11 is 3.59. The minimum absolute atomic E-state index is 0.0391. The van der Waals surface area contributed by atoms with Crippen LogP contribution in [0.15, 0.2) is 35.1 Å². The second-order valence-electron chi connectivity index (χ2n) is 6.48. The van der Waals surface area contributed by atoms with Gasteiger partial charge in [-0.15, -0.1) is 0 Å². The van der Waals surface area contributed by atoms with E-state index < -0.39 is 0 Å². The lowest BCUT2D eigenvalue weighted by atomic mass is 9.96. The molecule has 0 radical (unpaired) electrons. The molecular formula is C22H22BrN3O3. The molecule has 0 unspecified atom stereocenters. The summed E-state index contributed by atoms with van der Waals surface area (Å²) in [6, 6.07) is 7.70. The van der Waals surface area contributed by atoms with Crippen molar-refractivity contribution in [1.82, 2.24) is 9.88 Å². The number of halogens is 1. The Hall–Kier alpha value is -2.85. The minimum Gasteiger partial charge on any atom is -0.501 e. The highest BCUT2D eigenvalue weighted by Gasteiger charge is 2.27. The summed E-state index contributed by atoms with van der Waals surface area (Å²) < 4.78 is 11.7. The summed E-state index contributed by atoms with van der Waals surface area (Å²) in [5, 5.41) is 9.18. The Morgan fingerprint density at radius 3 is 2.86 bits per heavy atom. The third kappa shape index (κ3) is 4.77. The molecule has 150 valence electrons. The minimum atomic E-state index is -0.0391. The van der Waals surface area contributed by atoms with Crippen molar-refractivity contribution in [3.8, 4) is 11.8 Å². The molecule has 3 rings (SSSR count). The van der Waals surface area contributed by atoms with Crippen LogP contribution in [0.3, 0.4) is 0 Å². The number of hydrogen-bond donors (Lipinski definition) is 0. The molecule has 0 bridgehead atoms. The number of carbonyl (C=O) groups excluding carboxylic acids is 1. The topological polar surface area (TPSA) is 75.4 Å². The van der Waals surface area contributed by atoms with Gasteiger partial charge in [0.15, 0.2) is 0 Å². The van der Waals surface area contributed by atoms with Crippen LogP contribution in [-0.4, -0.2) is 35.5 Å². The number of nitriles is 1. The molecule has 1 aliphatic rings. The van der Waals surface area contributed by atoms with Gasteiger partial charge >= 0.3 is 0 Å². The SMILES string of the molecule is CCO/C=C/c1cc(Br)c2c(c1)C(=O)N(Cc1cc(OCC)c(C#N)cn1)CC2. The molecule has 0 saturated heterocycles. The van der Waals surface area contributed by atoms with E-state index in [4.69, 9.17) is 9.47 Å². The van der Waals surface area contributed by atoms with E-state index in [-0.39, 0.29) is 5.91 Å². The first-order chi connectivity index (χ1) is 14.1. The van der Waals surface area contributed by atoms with Gasteiger partial charge in [-0.05, 0) is 49.6 Å². The highest BCUT2D eigenvalue weighted by molar-refractivity contribution is 9.10. The normalized spacial score (nSPS) is 13.3. The summed E-state index contributed by atoms with van der Waals surface area (Å²) in [5.41, 5.74) is 3.67. The van der Waals surface area contributed by atoms with Gasteiger partial charge in [-0.2, -0.15) is 5.26 Å². The van der Waals surface area contributed by atoms with Gasteiger partial charge in [0.2, 0.25) is 0 Å². The summed E-state index contributed by atoms with van der Waals surface area (Å²) in [6.07, 6.45) is 5.73. The number of amides is 1. The fourth-order valence-corrected chi connectivity index (χ4v) is 3.89. The zero-order valence-corrected chi connectivity index (χ0v) is 18.0. The van der Waals surface area contributed by atoms with E-state index in [0.29, 0.717) is 48.9 Å². The van der Waals surface area contributed by atoms with Crippen LogP contribution in [-0.2, 0) is 17.7 Å². The van der Waals surface area contributed by atoms with E-state index in [0.717, 1.165) is 22.0 Å². The molecule has 7 heteroatoms. The zero-order chi connectivity index (χ0) is 20.8. The number of benzene rings is 1. The molecule has 6 nitrogen and oxygen atoms in total. The molecule has 2 aromatic rings. The third-order valence-corrected chi connectivity index (χ3v) is 5.29. The van der Waals surface area contributed by atoms with Gasteiger partial charge < -0.3 is 14.4 Å². The van der Waals surface area contributed by atoms with Crippen LogP contribution in [0.5, 0.6) is 5.75 Å². The number of rotatable bonds is 7. The van der Waals surface area contributed by atoms with Gasteiger partial charge in [0, 0.05) is 28.8 Å². The number of pyridine rings is 1. The molecule has 29 heavy (non-hydrogen) atoms.